The van der Waals surface area contributed by atoms with E-state index >= 15 is 0 Å². The highest BCUT2D eigenvalue weighted by Crippen LogP contribution is 2.51. The van der Waals surface area contributed by atoms with E-state index in [-0.39, 0.29) is 0 Å². The molecule has 0 unspecified atom stereocenters. The van der Waals surface area contributed by atoms with Crippen LogP contribution < -0.4 is 0 Å². The molecule has 9 rings (SSSR count). The molecule has 5 aromatic carbocycles. The summed E-state index contributed by atoms with van der Waals surface area (Å²) in [6.07, 6.45) is 12.7. The molecule has 0 radical (unpaired) electrons. The summed E-state index contributed by atoms with van der Waals surface area (Å²) in [5, 5.41) is 18.1. The van der Waals surface area contributed by atoms with Crippen molar-refractivity contribution in [3.63, 3.8) is 0 Å². The second-order valence-electron chi connectivity index (χ2n) is 12.4. The third-order valence-corrected chi connectivity index (χ3v) is 9.67. The topological polar surface area (TPSA) is 23.8 Å². The van der Waals surface area contributed by atoms with Crippen molar-refractivity contribution in [2.24, 2.45) is 0 Å². The first kappa shape index (κ1) is 27.8. The number of nitriles is 1. The predicted octanol–water partition coefficient (Wildman–Crippen LogP) is 12.1. The van der Waals surface area contributed by atoms with E-state index in [1.807, 2.05) is 0 Å². The van der Waals surface area contributed by atoms with E-state index in [2.05, 4.69) is 182 Å². The van der Waals surface area contributed by atoms with Gasteiger partial charge in [0, 0.05) is 5.57 Å². The van der Waals surface area contributed by atoms with Crippen molar-refractivity contribution in [2.75, 3.05) is 0 Å². The molecule has 0 aromatic heterocycles. The average Bonchev–Trinajstić information content (AvgIpc) is 3.28. The number of hydrogen-bond donors (Lipinski definition) is 0. The minimum Gasteiger partial charge on any atom is -0.192 e. The van der Waals surface area contributed by atoms with Crippen molar-refractivity contribution in [2.45, 2.75) is 0 Å². The van der Waals surface area contributed by atoms with Gasteiger partial charge in [-0.3, -0.25) is 0 Å². The maximum absolute atomic E-state index is 11.1. The molecule has 0 saturated carbocycles. The highest BCUT2D eigenvalue weighted by Gasteiger charge is 2.30. The number of hydrogen-bond acceptors (Lipinski definition) is 1. The van der Waals surface area contributed by atoms with Crippen LogP contribution in [-0.2, 0) is 0 Å². The van der Waals surface area contributed by atoms with Crippen molar-refractivity contribution in [1.29, 1.82) is 5.26 Å². The fraction of sp³-hybridized carbons (Fsp3) is 0. The van der Waals surface area contributed by atoms with Crippen LogP contribution in [0.15, 0.2) is 193 Å². The molecule has 5 aromatic rings. The van der Waals surface area contributed by atoms with Crippen LogP contribution in [0.3, 0.4) is 0 Å². The first-order chi connectivity index (χ1) is 23.8. The van der Waals surface area contributed by atoms with Crippen LogP contribution in [-0.4, -0.2) is 0 Å². The number of rotatable bonds is 3. The third kappa shape index (κ3) is 4.47. The Kier molecular flexibility index (Phi) is 6.59. The second-order valence-corrected chi connectivity index (χ2v) is 12.4. The zero-order valence-corrected chi connectivity index (χ0v) is 26.2. The quantitative estimate of drug-likeness (QED) is 0.183. The van der Waals surface area contributed by atoms with Crippen LogP contribution in [0.2, 0.25) is 0 Å². The molecule has 0 spiro atoms. The van der Waals surface area contributed by atoms with E-state index in [0.29, 0.717) is 5.57 Å². The average molecular weight is 608 g/mol. The lowest BCUT2D eigenvalue weighted by Crippen LogP contribution is -2.01. The SMILES string of the molecule is N#CC1=C(c2cccc3ccccc23)C(c2cccc3cc4ccccc4cc23)=C(c2ccc3cccccc2-3)C2=CC=CC=CC2=C1. The van der Waals surface area contributed by atoms with E-state index in [1.165, 1.54) is 27.3 Å². The molecule has 222 valence electrons. The molecule has 0 amide bonds. The Hall–Kier alpha value is -6.49. The van der Waals surface area contributed by atoms with Crippen LogP contribution in [0.5, 0.6) is 0 Å². The van der Waals surface area contributed by atoms with Gasteiger partial charge in [-0.05, 0) is 101 Å². The zero-order valence-electron chi connectivity index (χ0n) is 26.2. The van der Waals surface area contributed by atoms with Gasteiger partial charge in [0.05, 0.1) is 11.6 Å². The van der Waals surface area contributed by atoms with E-state index in [1.54, 1.807) is 0 Å². The smallest absolute Gasteiger partial charge is 0.0998 e. The summed E-state index contributed by atoms with van der Waals surface area (Å²) >= 11 is 0. The Bertz CT molecular complexity index is 2660. The van der Waals surface area contributed by atoms with E-state index < -0.39 is 0 Å². The second kappa shape index (κ2) is 11.4. The standard InChI is InChI=1S/C47H29N/c48-30-37-28-35-17-4-2-6-22-40(35)46(43-26-25-32-13-3-1-5-20-39(32)43)47(45(37)41-23-11-18-31-14-9-10-21-38(31)41)42-24-12-19-36-27-33-15-7-8-16-34(33)29-44(36)42/h1-29H. The van der Waals surface area contributed by atoms with Crippen LogP contribution >= 0.6 is 0 Å². The van der Waals surface area contributed by atoms with Crippen LogP contribution in [0.4, 0.5) is 0 Å². The molecule has 0 heterocycles. The van der Waals surface area contributed by atoms with Gasteiger partial charge in [-0.2, -0.15) is 5.26 Å². The van der Waals surface area contributed by atoms with Gasteiger partial charge in [0.1, 0.15) is 0 Å². The molecule has 0 saturated heterocycles. The van der Waals surface area contributed by atoms with Crippen molar-refractivity contribution >= 4 is 49.0 Å². The molecular weight excluding hydrogens is 579 g/mol. The fourth-order valence-corrected chi connectivity index (χ4v) is 7.51. The summed E-state index contributed by atoms with van der Waals surface area (Å²) in [4.78, 5) is 0. The minimum absolute atomic E-state index is 0.642. The highest BCUT2D eigenvalue weighted by atomic mass is 14.3. The molecule has 0 N–H and O–H groups in total. The first-order valence-corrected chi connectivity index (χ1v) is 16.3. The molecule has 4 aliphatic rings. The Balaban J connectivity index is 1.52. The van der Waals surface area contributed by atoms with Crippen molar-refractivity contribution in [3.05, 3.63) is 209 Å². The van der Waals surface area contributed by atoms with Gasteiger partial charge >= 0.3 is 0 Å². The fourth-order valence-electron chi connectivity index (χ4n) is 7.51. The van der Waals surface area contributed by atoms with Gasteiger partial charge in [0.25, 0.3) is 0 Å². The molecule has 4 aliphatic carbocycles. The summed E-state index contributed by atoms with van der Waals surface area (Å²) in [7, 11) is 0. The maximum atomic E-state index is 11.1. The first-order valence-electron chi connectivity index (χ1n) is 16.3. The summed E-state index contributed by atoms with van der Waals surface area (Å²) < 4.78 is 0. The minimum atomic E-state index is 0.642. The summed E-state index contributed by atoms with van der Waals surface area (Å²) in [6, 6.07) is 52.6. The van der Waals surface area contributed by atoms with Gasteiger partial charge < -0.3 is 0 Å². The third-order valence-electron chi connectivity index (χ3n) is 9.67. The predicted molar refractivity (Wildman–Crippen MR) is 202 cm³/mol. The monoisotopic (exact) mass is 607 g/mol. The molecular formula is C47H29N. The maximum Gasteiger partial charge on any atom is 0.0998 e. The van der Waals surface area contributed by atoms with Gasteiger partial charge in [-0.15, -0.1) is 0 Å². The van der Waals surface area contributed by atoms with Gasteiger partial charge in [-0.25, -0.2) is 0 Å². The lowest BCUT2D eigenvalue weighted by molar-refractivity contribution is 1.48. The zero-order chi connectivity index (χ0) is 32.0. The van der Waals surface area contributed by atoms with Gasteiger partial charge in [0.15, 0.2) is 0 Å². The highest BCUT2D eigenvalue weighted by molar-refractivity contribution is 6.27. The largest absolute Gasteiger partial charge is 0.192 e. The van der Waals surface area contributed by atoms with E-state index in [4.69, 9.17) is 0 Å². The lowest BCUT2D eigenvalue weighted by atomic mass is 9.79. The molecule has 0 bridgehead atoms. The number of benzene rings is 5. The van der Waals surface area contributed by atoms with Crippen molar-refractivity contribution in [1.82, 2.24) is 0 Å². The molecule has 1 heteroatoms. The summed E-state index contributed by atoms with van der Waals surface area (Å²) in [5.41, 5.74) is 11.5. The number of fused-ring (bicyclic) bond motifs is 5. The van der Waals surface area contributed by atoms with E-state index in [9.17, 15) is 5.26 Å². The molecule has 1 nitrogen and oxygen atoms in total. The summed E-state index contributed by atoms with van der Waals surface area (Å²) in [6.45, 7) is 0. The van der Waals surface area contributed by atoms with Crippen molar-refractivity contribution < 1.29 is 0 Å². The van der Waals surface area contributed by atoms with Crippen LogP contribution in [0.25, 0.3) is 60.2 Å². The summed E-state index contributed by atoms with van der Waals surface area (Å²) in [5.74, 6) is 0. The molecule has 0 fully saturated rings. The van der Waals surface area contributed by atoms with Crippen molar-refractivity contribution in [3.8, 4) is 17.2 Å². The molecule has 48 heavy (non-hydrogen) atoms. The number of allylic oxidation sites excluding steroid dienone is 12. The van der Waals surface area contributed by atoms with Crippen LogP contribution in [0, 0.1) is 11.3 Å². The Morgan fingerprint density at radius 2 is 1.12 bits per heavy atom. The molecule has 0 atom stereocenters. The van der Waals surface area contributed by atoms with E-state index in [0.717, 1.165) is 60.7 Å². The van der Waals surface area contributed by atoms with Crippen LogP contribution in [0.1, 0.15) is 16.7 Å². The Morgan fingerprint density at radius 1 is 0.438 bits per heavy atom. The van der Waals surface area contributed by atoms with Gasteiger partial charge in [-0.1, -0.05) is 158 Å². The number of nitrogens with zero attached hydrogens (tertiary/aromatic N) is 1. The normalized spacial score (nSPS) is 14.6. The molecule has 0 aliphatic heterocycles. The Labute approximate surface area is 280 Å². The van der Waals surface area contributed by atoms with Gasteiger partial charge in [0.2, 0.25) is 0 Å². The lowest BCUT2D eigenvalue weighted by Gasteiger charge is -2.23. The Morgan fingerprint density at radius 3 is 1.98 bits per heavy atom.